The van der Waals surface area contributed by atoms with Gasteiger partial charge < -0.3 is 9.26 Å². The van der Waals surface area contributed by atoms with Crippen LogP contribution in [0.25, 0.3) is 11.3 Å². The van der Waals surface area contributed by atoms with Gasteiger partial charge in [-0.15, -0.1) is 0 Å². The second-order valence-corrected chi connectivity index (χ2v) is 7.81. The Morgan fingerprint density at radius 3 is 2.44 bits per heavy atom. The summed E-state index contributed by atoms with van der Waals surface area (Å²) in [6, 6.07) is 8.80. The summed E-state index contributed by atoms with van der Waals surface area (Å²) in [5.74, 6) is 0.143. The molecule has 1 N–H and O–H groups in total. The molecule has 0 bridgehead atoms. The molecule has 6 nitrogen and oxygen atoms in total. The predicted molar refractivity (Wildman–Crippen MR) is 99.9 cm³/mol. The summed E-state index contributed by atoms with van der Waals surface area (Å²) in [7, 11) is -2.65. The number of methoxy groups -OCH3 is 1. The van der Waals surface area contributed by atoms with E-state index in [9.17, 15) is 12.8 Å². The lowest BCUT2D eigenvalue weighted by Gasteiger charge is -2.13. The summed E-state index contributed by atoms with van der Waals surface area (Å²) < 4.78 is 52.4. The first-order valence-electron chi connectivity index (χ1n) is 8.13. The number of sulfonamides is 1. The molecule has 27 heavy (non-hydrogen) atoms. The monoisotopic (exact) mass is 390 g/mol. The Balaban J connectivity index is 2.06. The van der Waals surface area contributed by atoms with Crippen molar-refractivity contribution in [1.82, 2.24) is 5.16 Å². The number of nitrogens with zero attached hydrogens (tertiary/aromatic N) is 1. The molecule has 0 atom stereocenters. The van der Waals surface area contributed by atoms with E-state index in [0.717, 1.165) is 17.3 Å². The van der Waals surface area contributed by atoms with Crippen molar-refractivity contribution in [2.75, 3.05) is 11.8 Å². The van der Waals surface area contributed by atoms with Crippen molar-refractivity contribution in [2.24, 2.45) is 0 Å². The van der Waals surface area contributed by atoms with Gasteiger partial charge in [-0.1, -0.05) is 11.2 Å². The minimum Gasteiger partial charge on any atom is -0.495 e. The van der Waals surface area contributed by atoms with Gasteiger partial charge in [0.1, 0.15) is 16.5 Å². The molecule has 142 valence electrons. The lowest BCUT2D eigenvalue weighted by atomic mass is 10.1. The van der Waals surface area contributed by atoms with Gasteiger partial charge in [-0.05, 0) is 56.7 Å². The van der Waals surface area contributed by atoms with Crippen LogP contribution in [0.3, 0.4) is 0 Å². The van der Waals surface area contributed by atoms with Gasteiger partial charge in [0, 0.05) is 11.1 Å². The van der Waals surface area contributed by atoms with Crippen molar-refractivity contribution < 1.29 is 22.1 Å². The van der Waals surface area contributed by atoms with Crippen molar-refractivity contribution in [3.8, 4) is 17.1 Å². The van der Waals surface area contributed by atoms with E-state index >= 15 is 0 Å². The van der Waals surface area contributed by atoms with E-state index in [-0.39, 0.29) is 16.3 Å². The molecular formula is C19H19FN2O4S. The van der Waals surface area contributed by atoms with Crippen molar-refractivity contribution in [2.45, 2.75) is 25.7 Å². The van der Waals surface area contributed by atoms with Crippen LogP contribution in [0, 0.1) is 26.6 Å². The number of aryl methyl sites for hydroxylation is 2. The van der Waals surface area contributed by atoms with E-state index in [0.29, 0.717) is 16.9 Å². The number of aromatic nitrogens is 1. The summed E-state index contributed by atoms with van der Waals surface area (Å²) in [5, 5.41) is 3.90. The lowest BCUT2D eigenvalue weighted by Crippen LogP contribution is -2.14. The molecule has 0 aliphatic rings. The standard InChI is InChI=1S/C19H19FN2O4S/c1-11-5-7-15(10-16(11)20)22-27(23,24)18-9-14(6-8-17(18)25-4)19-12(2)13(3)21-26-19/h5-10,22H,1-4H3. The molecule has 0 spiro atoms. The maximum absolute atomic E-state index is 13.8. The largest absolute Gasteiger partial charge is 0.495 e. The third kappa shape index (κ3) is 3.66. The second kappa shape index (κ2) is 7.03. The van der Waals surface area contributed by atoms with Gasteiger partial charge >= 0.3 is 0 Å². The molecule has 0 fully saturated rings. The fourth-order valence-corrected chi connectivity index (χ4v) is 3.82. The molecule has 8 heteroatoms. The van der Waals surface area contributed by atoms with Crippen molar-refractivity contribution in [3.05, 3.63) is 59.0 Å². The molecule has 1 heterocycles. The number of hydrogen-bond acceptors (Lipinski definition) is 5. The highest BCUT2D eigenvalue weighted by Crippen LogP contribution is 2.33. The summed E-state index contributed by atoms with van der Waals surface area (Å²) in [6.07, 6.45) is 0. The number of anilines is 1. The molecule has 0 saturated heterocycles. The fraction of sp³-hybridized carbons (Fsp3) is 0.211. The molecule has 0 saturated carbocycles. The minimum absolute atomic E-state index is 0.0862. The average molecular weight is 390 g/mol. The molecular weight excluding hydrogens is 371 g/mol. The first-order valence-corrected chi connectivity index (χ1v) is 9.61. The average Bonchev–Trinajstić information content (AvgIpc) is 2.96. The molecule has 2 aromatic carbocycles. The highest BCUT2D eigenvalue weighted by molar-refractivity contribution is 7.92. The lowest BCUT2D eigenvalue weighted by molar-refractivity contribution is 0.402. The van der Waals surface area contributed by atoms with Gasteiger partial charge in [0.25, 0.3) is 10.0 Å². The molecule has 3 aromatic rings. The smallest absolute Gasteiger partial charge is 0.265 e. The van der Waals surface area contributed by atoms with E-state index in [1.807, 2.05) is 6.92 Å². The van der Waals surface area contributed by atoms with Gasteiger partial charge in [-0.25, -0.2) is 12.8 Å². The Morgan fingerprint density at radius 2 is 1.85 bits per heavy atom. The van der Waals surface area contributed by atoms with E-state index < -0.39 is 15.8 Å². The van der Waals surface area contributed by atoms with Crippen LogP contribution in [0.4, 0.5) is 10.1 Å². The first-order chi connectivity index (χ1) is 12.7. The van der Waals surface area contributed by atoms with Crippen molar-refractivity contribution >= 4 is 15.7 Å². The van der Waals surface area contributed by atoms with Crippen LogP contribution in [0.2, 0.25) is 0 Å². The fourth-order valence-electron chi connectivity index (χ4n) is 2.58. The second-order valence-electron chi connectivity index (χ2n) is 6.16. The van der Waals surface area contributed by atoms with Crippen LogP contribution in [0.1, 0.15) is 16.8 Å². The molecule has 0 amide bonds. The Hall–Kier alpha value is -2.87. The van der Waals surface area contributed by atoms with Crippen LogP contribution in [-0.2, 0) is 10.0 Å². The van der Waals surface area contributed by atoms with Gasteiger partial charge in [0.15, 0.2) is 5.76 Å². The third-order valence-corrected chi connectivity index (χ3v) is 5.70. The summed E-state index contributed by atoms with van der Waals surface area (Å²) in [6.45, 7) is 5.24. The number of nitrogens with one attached hydrogen (secondary N) is 1. The molecule has 0 unspecified atom stereocenters. The molecule has 1 aromatic heterocycles. The molecule has 3 rings (SSSR count). The number of halogens is 1. The Kier molecular flexibility index (Phi) is 4.93. The van der Waals surface area contributed by atoms with Crippen LogP contribution in [-0.4, -0.2) is 20.7 Å². The molecule has 0 radical (unpaired) electrons. The number of ether oxygens (including phenoxy) is 1. The SMILES string of the molecule is COc1ccc(-c2onc(C)c2C)cc1S(=O)(=O)Nc1ccc(C)c(F)c1. The third-order valence-electron chi connectivity index (χ3n) is 4.30. The van der Waals surface area contributed by atoms with Crippen molar-refractivity contribution in [3.63, 3.8) is 0 Å². The zero-order valence-electron chi connectivity index (χ0n) is 15.3. The zero-order chi connectivity index (χ0) is 19.8. The molecule has 0 aliphatic carbocycles. The first kappa shape index (κ1) is 18.9. The Bertz CT molecular complexity index is 1110. The number of benzene rings is 2. The van der Waals surface area contributed by atoms with E-state index in [4.69, 9.17) is 9.26 Å². The summed E-state index contributed by atoms with van der Waals surface area (Å²) >= 11 is 0. The van der Waals surface area contributed by atoms with Crippen LogP contribution >= 0.6 is 0 Å². The summed E-state index contributed by atoms with van der Waals surface area (Å²) in [4.78, 5) is -0.0862. The topological polar surface area (TPSA) is 81.4 Å². The normalized spacial score (nSPS) is 11.4. The van der Waals surface area contributed by atoms with Crippen molar-refractivity contribution in [1.29, 1.82) is 0 Å². The predicted octanol–water partition coefficient (Wildman–Crippen LogP) is 4.22. The van der Waals surface area contributed by atoms with Gasteiger partial charge in [-0.3, -0.25) is 4.72 Å². The van der Waals surface area contributed by atoms with Gasteiger partial charge in [0.2, 0.25) is 0 Å². The highest BCUT2D eigenvalue weighted by atomic mass is 32.2. The van der Waals surface area contributed by atoms with Crippen LogP contribution in [0.15, 0.2) is 45.8 Å². The summed E-state index contributed by atoms with van der Waals surface area (Å²) in [5.41, 5.74) is 2.63. The van der Waals surface area contributed by atoms with Gasteiger partial charge in [0.05, 0.1) is 18.5 Å². The van der Waals surface area contributed by atoms with E-state index in [2.05, 4.69) is 9.88 Å². The zero-order valence-corrected chi connectivity index (χ0v) is 16.1. The molecule has 0 aliphatic heterocycles. The van der Waals surface area contributed by atoms with E-state index in [1.54, 1.807) is 19.9 Å². The number of rotatable bonds is 5. The maximum Gasteiger partial charge on any atom is 0.265 e. The quantitative estimate of drug-likeness (QED) is 0.706. The Morgan fingerprint density at radius 1 is 1.11 bits per heavy atom. The van der Waals surface area contributed by atoms with Crippen LogP contribution in [0.5, 0.6) is 5.75 Å². The van der Waals surface area contributed by atoms with E-state index in [1.165, 1.54) is 31.4 Å². The highest BCUT2D eigenvalue weighted by Gasteiger charge is 2.23. The maximum atomic E-state index is 13.8. The van der Waals surface area contributed by atoms with Crippen LogP contribution < -0.4 is 9.46 Å². The Labute approximate surface area is 157 Å². The van der Waals surface area contributed by atoms with Gasteiger partial charge in [-0.2, -0.15) is 0 Å². The minimum atomic E-state index is -4.03. The number of hydrogen-bond donors (Lipinski definition) is 1.